The van der Waals surface area contributed by atoms with Crippen LogP contribution in [0.4, 0.5) is 0 Å². The first kappa shape index (κ1) is 9.45. The van der Waals surface area contributed by atoms with Crippen molar-refractivity contribution in [2.75, 3.05) is 0 Å². The summed E-state index contributed by atoms with van der Waals surface area (Å²) in [6.07, 6.45) is 3.35. The van der Waals surface area contributed by atoms with Crippen LogP contribution in [0.5, 0.6) is 0 Å². The molecule has 0 saturated heterocycles. The van der Waals surface area contributed by atoms with Gasteiger partial charge in [-0.25, -0.2) is 0 Å². The molecule has 1 heterocycles. The number of nitrogens with zero attached hydrogens (tertiary/aromatic N) is 1. The van der Waals surface area contributed by atoms with E-state index in [0.29, 0.717) is 9.20 Å². The molecule has 4 nitrogen and oxygen atoms in total. The van der Waals surface area contributed by atoms with Gasteiger partial charge in [0.05, 0.1) is 4.47 Å². The lowest BCUT2D eigenvalue weighted by Crippen LogP contribution is -2.39. The highest BCUT2D eigenvalue weighted by atomic mass is 79.9. The second kappa shape index (κ2) is 3.57. The highest BCUT2D eigenvalue weighted by Crippen LogP contribution is 2.19. The lowest BCUT2D eigenvalue weighted by Gasteiger charge is -2.04. The minimum absolute atomic E-state index is 0.139. The Morgan fingerprint density at radius 2 is 2.29 bits per heavy atom. The monoisotopic (exact) mass is 256 g/mol. The maximum atomic E-state index is 11.5. The topological polar surface area (TPSA) is 56.0 Å². The minimum atomic E-state index is -0.296. The Morgan fingerprint density at radius 1 is 1.57 bits per heavy atom. The molecule has 1 N–H and O–H groups in total. The molecule has 1 aromatic rings. The van der Waals surface area contributed by atoms with Crippen molar-refractivity contribution in [2.24, 2.45) is 0 Å². The lowest BCUT2D eigenvalue weighted by atomic mass is 10.3. The van der Waals surface area contributed by atoms with Crippen LogP contribution in [0.1, 0.15) is 23.3 Å². The Bertz CT molecular complexity index is 377. The van der Waals surface area contributed by atoms with E-state index in [0.717, 1.165) is 12.8 Å². The molecule has 1 amide bonds. The Labute approximate surface area is 89.6 Å². The fourth-order valence-electron chi connectivity index (χ4n) is 1.12. The van der Waals surface area contributed by atoms with E-state index in [2.05, 4.69) is 21.2 Å². The van der Waals surface area contributed by atoms with Gasteiger partial charge in [0.1, 0.15) is 0 Å². The van der Waals surface area contributed by atoms with Crippen molar-refractivity contribution in [3.05, 3.63) is 33.7 Å². The van der Waals surface area contributed by atoms with Crippen LogP contribution in [-0.2, 0) is 0 Å². The van der Waals surface area contributed by atoms with E-state index in [1.165, 1.54) is 12.3 Å². The third-order valence-electron chi connectivity index (χ3n) is 2.02. The van der Waals surface area contributed by atoms with Gasteiger partial charge in [-0.1, -0.05) is 0 Å². The van der Waals surface area contributed by atoms with Gasteiger partial charge in [0.15, 0.2) is 6.20 Å². The van der Waals surface area contributed by atoms with Crippen molar-refractivity contribution >= 4 is 21.8 Å². The molecule has 14 heavy (non-hydrogen) atoms. The molecule has 0 aromatic carbocycles. The Balaban J connectivity index is 2.17. The molecule has 0 radical (unpaired) electrons. The number of hydrogen-bond donors (Lipinski definition) is 1. The lowest BCUT2D eigenvalue weighted by molar-refractivity contribution is -0.608. The zero-order valence-electron chi connectivity index (χ0n) is 7.37. The summed E-state index contributed by atoms with van der Waals surface area (Å²) in [5.41, 5.74) is 0.139. The molecule has 1 fully saturated rings. The van der Waals surface area contributed by atoms with Crippen molar-refractivity contribution in [3.63, 3.8) is 0 Å². The van der Waals surface area contributed by atoms with Crippen molar-refractivity contribution in [2.45, 2.75) is 18.9 Å². The van der Waals surface area contributed by atoms with E-state index >= 15 is 0 Å². The molecule has 0 atom stereocenters. The molecule has 1 aromatic heterocycles. The quantitative estimate of drug-likeness (QED) is 0.634. The first-order chi connectivity index (χ1) is 6.66. The third-order valence-corrected chi connectivity index (χ3v) is 2.49. The fourth-order valence-corrected chi connectivity index (χ4v) is 1.44. The van der Waals surface area contributed by atoms with Crippen molar-refractivity contribution < 1.29 is 9.52 Å². The highest BCUT2D eigenvalue weighted by molar-refractivity contribution is 9.10. The van der Waals surface area contributed by atoms with E-state index in [1.807, 2.05) is 0 Å². The summed E-state index contributed by atoms with van der Waals surface area (Å²) in [7, 11) is 0. The van der Waals surface area contributed by atoms with E-state index in [-0.39, 0.29) is 17.6 Å². The largest absolute Gasteiger partial charge is 0.618 e. The van der Waals surface area contributed by atoms with Crippen LogP contribution >= 0.6 is 15.9 Å². The summed E-state index contributed by atoms with van der Waals surface area (Å²) >= 11 is 3.16. The number of rotatable bonds is 2. The Hall–Kier alpha value is -1.10. The SMILES string of the molecule is O=C(NC1CC1)c1ccc(Br)c[n+]1[O-]. The maximum absolute atomic E-state index is 11.5. The summed E-state index contributed by atoms with van der Waals surface area (Å²) < 4.78 is 1.23. The van der Waals surface area contributed by atoms with Crippen LogP contribution in [0.3, 0.4) is 0 Å². The summed E-state index contributed by atoms with van der Waals surface area (Å²) in [4.78, 5) is 11.5. The average molecular weight is 257 g/mol. The zero-order chi connectivity index (χ0) is 10.1. The average Bonchev–Trinajstić information content (AvgIpc) is 2.87. The van der Waals surface area contributed by atoms with E-state index in [9.17, 15) is 10.0 Å². The van der Waals surface area contributed by atoms with Gasteiger partial charge in [-0.2, -0.15) is 4.73 Å². The molecule has 74 valence electrons. The number of halogens is 1. The number of aromatic nitrogens is 1. The predicted molar refractivity (Wildman–Crippen MR) is 53.6 cm³/mol. The fraction of sp³-hybridized carbons (Fsp3) is 0.333. The van der Waals surface area contributed by atoms with Crippen LogP contribution in [0, 0.1) is 5.21 Å². The zero-order valence-corrected chi connectivity index (χ0v) is 8.95. The molecule has 2 rings (SSSR count). The second-order valence-electron chi connectivity index (χ2n) is 3.31. The molecule has 0 aliphatic heterocycles. The van der Waals surface area contributed by atoms with Gasteiger partial charge < -0.3 is 10.5 Å². The molecular weight excluding hydrogens is 248 g/mol. The molecule has 1 saturated carbocycles. The summed E-state index contributed by atoms with van der Waals surface area (Å²) in [5, 5.41) is 14.1. The maximum Gasteiger partial charge on any atom is 0.317 e. The van der Waals surface area contributed by atoms with Crippen LogP contribution in [-0.4, -0.2) is 11.9 Å². The summed E-state index contributed by atoms with van der Waals surface area (Å²) in [5.74, 6) is -0.296. The third kappa shape index (κ3) is 2.04. The number of pyridine rings is 1. The Morgan fingerprint density at radius 3 is 2.86 bits per heavy atom. The smallest absolute Gasteiger partial charge is 0.317 e. The predicted octanol–water partition coefficient (Wildman–Crippen LogP) is 0.975. The molecular formula is C9H9BrN2O2. The first-order valence-corrected chi connectivity index (χ1v) is 5.16. The number of hydrogen-bond acceptors (Lipinski definition) is 2. The van der Waals surface area contributed by atoms with Crippen LogP contribution < -0.4 is 10.0 Å². The second-order valence-corrected chi connectivity index (χ2v) is 4.22. The van der Waals surface area contributed by atoms with Gasteiger partial charge >= 0.3 is 5.91 Å². The van der Waals surface area contributed by atoms with E-state index < -0.39 is 0 Å². The van der Waals surface area contributed by atoms with Gasteiger partial charge in [-0.3, -0.25) is 4.79 Å². The molecule has 1 aliphatic carbocycles. The summed E-state index contributed by atoms with van der Waals surface area (Å²) in [6.45, 7) is 0. The van der Waals surface area contributed by atoms with Crippen molar-refractivity contribution in [1.29, 1.82) is 0 Å². The van der Waals surface area contributed by atoms with Gasteiger partial charge in [0.2, 0.25) is 0 Å². The first-order valence-electron chi connectivity index (χ1n) is 4.36. The van der Waals surface area contributed by atoms with Gasteiger partial charge in [-0.15, -0.1) is 0 Å². The van der Waals surface area contributed by atoms with Crippen molar-refractivity contribution in [3.8, 4) is 0 Å². The molecule has 5 heteroatoms. The standard InChI is InChI=1S/C9H9BrN2O2/c10-6-1-4-8(12(14)5-6)9(13)11-7-2-3-7/h1,4-5,7H,2-3H2,(H,11,13). The Kier molecular flexibility index (Phi) is 2.41. The van der Waals surface area contributed by atoms with E-state index in [4.69, 9.17) is 0 Å². The number of carbonyl (C=O) groups is 1. The molecule has 0 bridgehead atoms. The summed E-state index contributed by atoms with van der Waals surface area (Å²) in [6, 6.07) is 3.46. The van der Waals surface area contributed by atoms with Crippen LogP contribution in [0.15, 0.2) is 22.8 Å². The highest BCUT2D eigenvalue weighted by Gasteiger charge is 2.26. The van der Waals surface area contributed by atoms with Crippen molar-refractivity contribution in [1.82, 2.24) is 5.32 Å². The van der Waals surface area contributed by atoms with Crippen LogP contribution in [0.2, 0.25) is 0 Å². The number of carbonyl (C=O) groups excluding carboxylic acids is 1. The number of amides is 1. The number of nitrogens with one attached hydrogen (secondary N) is 1. The van der Waals surface area contributed by atoms with Gasteiger partial charge in [0.25, 0.3) is 5.69 Å². The van der Waals surface area contributed by atoms with Crippen LogP contribution in [0.25, 0.3) is 0 Å². The molecule has 1 aliphatic rings. The normalized spacial score (nSPS) is 15.2. The van der Waals surface area contributed by atoms with E-state index in [1.54, 1.807) is 6.07 Å². The van der Waals surface area contributed by atoms with Gasteiger partial charge in [-0.05, 0) is 34.8 Å². The molecule has 0 spiro atoms. The molecule has 0 unspecified atom stereocenters. The van der Waals surface area contributed by atoms with Gasteiger partial charge in [0, 0.05) is 12.1 Å². The minimum Gasteiger partial charge on any atom is -0.618 e.